The van der Waals surface area contributed by atoms with Gasteiger partial charge in [0, 0.05) is 13.2 Å². The Morgan fingerprint density at radius 3 is 2.33 bits per heavy atom. The summed E-state index contributed by atoms with van der Waals surface area (Å²) in [6.07, 6.45) is 1.21. The lowest BCUT2D eigenvalue weighted by atomic mass is 10.1. The minimum absolute atomic E-state index is 0.0325. The number of nitrogens with zero attached hydrogens (tertiary/aromatic N) is 3. The van der Waals surface area contributed by atoms with Gasteiger partial charge in [-0.3, -0.25) is 4.79 Å². The maximum Gasteiger partial charge on any atom is 0.257 e. The number of amides is 1. The molecule has 1 aromatic heterocycles. The number of carbonyl (C=O) groups is 1. The summed E-state index contributed by atoms with van der Waals surface area (Å²) in [5, 5.41) is 21.2. The summed E-state index contributed by atoms with van der Waals surface area (Å²) in [7, 11) is 1.63. The van der Waals surface area contributed by atoms with Gasteiger partial charge in [0.2, 0.25) is 0 Å². The van der Waals surface area contributed by atoms with Crippen LogP contribution >= 0.6 is 0 Å². The summed E-state index contributed by atoms with van der Waals surface area (Å²) in [6, 6.07) is 20.8. The van der Waals surface area contributed by atoms with Gasteiger partial charge in [0.25, 0.3) is 5.91 Å². The van der Waals surface area contributed by atoms with Crippen molar-refractivity contribution in [1.29, 1.82) is 0 Å². The molecule has 4 aromatic rings. The van der Waals surface area contributed by atoms with Crippen LogP contribution in [-0.2, 0) is 17.6 Å². The molecule has 170 valence electrons. The van der Waals surface area contributed by atoms with Crippen molar-refractivity contribution in [3.8, 4) is 17.2 Å². The molecule has 0 spiro atoms. The van der Waals surface area contributed by atoms with Crippen LogP contribution in [0.3, 0.4) is 0 Å². The van der Waals surface area contributed by atoms with Crippen molar-refractivity contribution in [3.63, 3.8) is 0 Å². The zero-order valence-corrected chi connectivity index (χ0v) is 18.4. The van der Waals surface area contributed by atoms with Crippen LogP contribution in [0.1, 0.15) is 11.1 Å². The summed E-state index contributed by atoms with van der Waals surface area (Å²) in [4.78, 5) is 13.8. The van der Waals surface area contributed by atoms with Crippen LogP contribution < -0.4 is 14.8 Å². The largest absolute Gasteiger partial charge is 0.497 e. The number of methoxy groups -OCH3 is 1. The average molecular weight is 447 g/mol. The van der Waals surface area contributed by atoms with Gasteiger partial charge in [0.1, 0.15) is 28.2 Å². The van der Waals surface area contributed by atoms with Crippen LogP contribution in [-0.4, -0.2) is 52.9 Å². The van der Waals surface area contributed by atoms with E-state index in [0.29, 0.717) is 30.8 Å². The van der Waals surface area contributed by atoms with E-state index in [1.165, 1.54) is 4.80 Å². The molecule has 33 heavy (non-hydrogen) atoms. The Hall–Kier alpha value is -3.91. The fraction of sp³-hybridized carbons (Fsp3) is 0.240. The van der Waals surface area contributed by atoms with Gasteiger partial charge >= 0.3 is 0 Å². The molecule has 1 heterocycles. The van der Waals surface area contributed by atoms with Gasteiger partial charge < -0.3 is 19.9 Å². The highest BCUT2D eigenvalue weighted by Crippen LogP contribution is 2.25. The summed E-state index contributed by atoms with van der Waals surface area (Å²) in [5.74, 6) is 1.08. The Morgan fingerprint density at radius 2 is 1.67 bits per heavy atom. The van der Waals surface area contributed by atoms with Crippen molar-refractivity contribution in [2.75, 3.05) is 26.9 Å². The van der Waals surface area contributed by atoms with Crippen LogP contribution in [0.2, 0.25) is 0 Å². The third-order valence-electron chi connectivity index (χ3n) is 5.18. The maximum atomic E-state index is 12.3. The molecule has 0 saturated carbocycles. The highest BCUT2D eigenvalue weighted by molar-refractivity contribution is 5.77. The number of aliphatic hydroxyl groups is 1. The van der Waals surface area contributed by atoms with Crippen molar-refractivity contribution in [3.05, 3.63) is 77.9 Å². The first-order chi connectivity index (χ1) is 16.2. The molecule has 0 aliphatic rings. The minimum Gasteiger partial charge on any atom is -0.497 e. The summed E-state index contributed by atoms with van der Waals surface area (Å²) in [6.45, 7) is 0.406. The van der Waals surface area contributed by atoms with Gasteiger partial charge in [0.15, 0.2) is 6.61 Å². The summed E-state index contributed by atoms with van der Waals surface area (Å²) < 4.78 is 11.0. The molecule has 8 heteroatoms. The van der Waals surface area contributed by atoms with Gasteiger partial charge in [-0.1, -0.05) is 30.3 Å². The number of aromatic nitrogens is 3. The molecule has 3 aromatic carbocycles. The van der Waals surface area contributed by atoms with Gasteiger partial charge in [0.05, 0.1) is 7.11 Å². The fourth-order valence-corrected chi connectivity index (χ4v) is 3.43. The molecule has 0 aliphatic heterocycles. The number of benzene rings is 3. The lowest BCUT2D eigenvalue weighted by Gasteiger charge is -2.12. The fourth-order valence-electron chi connectivity index (χ4n) is 3.43. The number of rotatable bonds is 10. The zero-order chi connectivity index (χ0) is 23.0. The van der Waals surface area contributed by atoms with E-state index in [1.54, 1.807) is 13.2 Å². The molecule has 0 atom stereocenters. The lowest BCUT2D eigenvalue weighted by Crippen LogP contribution is -2.30. The van der Waals surface area contributed by atoms with Crippen molar-refractivity contribution < 1.29 is 19.4 Å². The Balaban J connectivity index is 1.40. The standard InChI is InChI=1S/C25H26N4O4/c1-32-20-9-6-18(7-10-20)12-14-26-25(31)17-33-24-11-8-19(13-15-30)16-23(24)29-27-21-4-2-3-5-22(21)28-29/h2-11,16,30H,12-15,17H2,1H3,(H,26,31). The van der Waals surface area contributed by atoms with E-state index in [0.717, 1.165) is 27.9 Å². The van der Waals surface area contributed by atoms with E-state index in [2.05, 4.69) is 15.5 Å². The van der Waals surface area contributed by atoms with Crippen LogP contribution in [0.4, 0.5) is 0 Å². The third kappa shape index (κ3) is 5.67. The smallest absolute Gasteiger partial charge is 0.257 e. The molecule has 0 radical (unpaired) electrons. The van der Waals surface area contributed by atoms with E-state index < -0.39 is 0 Å². The first-order valence-corrected chi connectivity index (χ1v) is 10.7. The molecule has 1 amide bonds. The highest BCUT2D eigenvalue weighted by Gasteiger charge is 2.13. The van der Waals surface area contributed by atoms with Crippen molar-refractivity contribution in [2.24, 2.45) is 0 Å². The topological polar surface area (TPSA) is 98.5 Å². The Labute approximate surface area is 191 Å². The molecule has 0 bridgehead atoms. The Bertz CT molecular complexity index is 1190. The molecule has 0 aliphatic carbocycles. The highest BCUT2D eigenvalue weighted by atomic mass is 16.5. The molecule has 4 rings (SSSR count). The quantitative estimate of drug-likeness (QED) is 0.389. The summed E-state index contributed by atoms with van der Waals surface area (Å²) in [5.41, 5.74) is 4.16. The first-order valence-electron chi connectivity index (χ1n) is 10.7. The predicted octanol–water partition coefficient (Wildman–Crippen LogP) is 2.70. The number of hydrogen-bond donors (Lipinski definition) is 2. The number of ether oxygens (including phenoxy) is 2. The number of aliphatic hydroxyl groups excluding tert-OH is 1. The van der Waals surface area contributed by atoms with Crippen LogP contribution in [0.15, 0.2) is 66.7 Å². The number of hydrogen-bond acceptors (Lipinski definition) is 6. The lowest BCUT2D eigenvalue weighted by molar-refractivity contribution is -0.123. The summed E-state index contributed by atoms with van der Waals surface area (Å²) >= 11 is 0. The average Bonchev–Trinajstić information content (AvgIpc) is 3.28. The third-order valence-corrected chi connectivity index (χ3v) is 5.18. The number of fused-ring (bicyclic) bond motifs is 1. The second-order valence-corrected chi connectivity index (χ2v) is 7.49. The van der Waals surface area contributed by atoms with Crippen LogP contribution in [0.25, 0.3) is 16.7 Å². The molecule has 8 nitrogen and oxygen atoms in total. The zero-order valence-electron chi connectivity index (χ0n) is 18.4. The minimum atomic E-state index is -0.215. The first kappa shape index (κ1) is 22.3. The molecule has 2 N–H and O–H groups in total. The predicted molar refractivity (Wildman–Crippen MR) is 125 cm³/mol. The molecular weight excluding hydrogens is 420 g/mol. The molecule has 0 fully saturated rings. The number of carbonyl (C=O) groups excluding carboxylic acids is 1. The van der Waals surface area contributed by atoms with E-state index in [-0.39, 0.29) is 19.1 Å². The van der Waals surface area contributed by atoms with E-state index >= 15 is 0 Å². The molecule has 0 saturated heterocycles. The van der Waals surface area contributed by atoms with Crippen molar-refractivity contribution in [1.82, 2.24) is 20.3 Å². The Kier molecular flexibility index (Phi) is 7.16. The monoisotopic (exact) mass is 446 g/mol. The number of nitrogens with one attached hydrogen (secondary N) is 1. The van der Waals surface area contributed by atoms with Crippen molar-refractivity contribution >= 4 is 16.9 Å². The maximum absolute atomic E-state index is 12.3. The van der Waals surface area contributed by atoms with Crippen LogP contribution in [0.5, 0.6) is 11.5 Å². The van der Waals surface area contributed by atoms with Crippen molar-refractivity contribution in [2.45, 2.75) is 12.8 Å². The van der Waals surface area contributed by atoms with Crippen LogP contribution in [0, 0.1) is 0 Å². The SMILES string of the molecule is COc1ccc(CCNC(=O)COc2ccc(CCO)cc2-n2nc3ccccc3n2)cc1. The van der Waals surface area contributed by atoms with Gasteiger partial charge in [-0.2, -0.15) is 0 Å². The molecule has 0 unspecified atom stereocenters. The Morgan fingerprint density at radius 1 is 0.970 bits per heavy atom. The van der Waals surface area contributed by atoms with E-state index in [9.17, 15) is 9.90 Å². The van der Waals surface area contributed by atoms with E-state index in [1.807, 2.05) is 60.7 Å². The normalized spacial score (nSPS) is 10.8. The van der Waals surface area contributed by atoms with Gasteiger partial charge in [-0.15, -0.1) is 15.0 Å². The van der Waals surface area contributed by atoms with Gasteiger partial charge in [-0.25, -0.2) is 0 Å². The molecular formula is C25H26N4O4. The second-order valence-electron chi connectivity index (χ2n) is 7.49. The second kappa shape index (κ2) is 10.6. The van der Waals surface area contributed by atoms with E-state index in [4.69, 9.17) is 9.47 Å². The van der Waals surface area contributed by atoms with Gasteiger partial charge in [-0.05, 0) is 60.4 Å².